The topological polar surface area (TPSA) is 46.9 Å². The van der Waals surface area contributed by atoms with E-state index in [2.05, 4.69) is 10.3 Å². The summed E-state index contributed by atoms with van der Waals surface area (Å²) >= 11 is 0. The van der Waals surface area contributed by atoms with Crippen molar-refractivity contribution in [3.63, 3.8) is 0 Å². The minimum absolute atomic E-state index is 0.132. The summed E-state index contributed by atoms with van der Waals surface area (Å²) < 4.78 is 29.9. The number of carbonyl (C=O) groups is 1. The number of hydrogen-bond donors (Lipinski definition) is 1. The van der Waals surface area contributed by atoms with Gasteiger partial charge in [0, 0.05) is 31.1 Å². The molecule has 116 valence electrons. The molecule has 22 heavy (non-hydrogen) atoms. The number of halogens is 2. The minimum Gasteiger partial charge on any atom is -0.334 e. The summed E-state index contributed by atoms with van der Waals surface area (Å²) in [6.45, 7) is 2.26. The molecule has 6 heteroatoms. The second-order valence-electron chi connectivity index (χ2n) is 5.40. The van der Waals surface area contributed by atoms with Crippen molar-refractivity contribution >= 4 is 11.6 Å². The Morgan fingerprint density at radius 2 is 2.18 bits per heavy atom. The lowest BCUT2D eigenvalue weighted by atomic mass is 10.0. The number of fused-ring (bicyclic) bond motifs is 1. The van der Waals surface area contributed by atoms with E-state index in [1.807, 2.05) is 4.57 Å². The van der Waals surface area contributed by atoms with Crippen LogP contribution in [-0.2, 0) is 18.9 Å². The molecule has 0 unspecified atom stereocenters. The first kappa shape index (κ1) is 14.7. The molecule has 0 spiro atoms. The van der Waals surface area contributed by atoms with E-state index >= 15 is 0 Å². The van der Waals surface area contributed by atoms with Crippen molar-refractivity contribution in [1.29, 1.82) is 0 Å². The third-order valence-electron chi connectivity index (χ3n) is 3.90. The highest BCUT2D eigenvalue weighted by Gasteiger charge is 2.32. The molecule has 1 aromatic carbocycles. The van der Waals surface area contributed by atoms with Crippen LogP contribution >= 0.6 is 0 Å². The van der Waals surface area contributed by atoms with Crippen molar-refractivity contribution in [1.82, 2.24) is 9.55 Å². The Morgan fingerprint density at radius 3 is 2.91 bits per heavy atom. The maximum atomic E-state index is 14.0. The molecule has 1 aliphatic rings. The molecule has 1 amide bonds. The molecule has 3 rings (SSSR count). The van der Waals surface area contributed by atoms with Gasteiger partial charge in [0.05, 0.1) is 5.69 Å². The van der Waals surface area contributed by atoms with Crippen molar-refractivity contribution in [3.05, 3.63) is 47.5 Å². The van der Waals surface area contributed by atoms with Crippen LogP contribution in [0.15, 0.2) is 30.5 Å². The number of imidazole rings is 1. The van der Waals surface area contributed by atoms with E-state index in [4.69, 9.17) is 0 Å². The Bertz CT molecular complexity index is 688. The standard InChI is InChI=1S/C16H17F2N3O/c1-2-16(17,18)11-6-3-4-7-12(11)20-15(22)13-10-21-9-5-8-14(21)19-13/h3-4,6-7,10H,2,5,8-9H2,1H3,(H,20,22). The van der Waals surface area contributed by atoms with Crippen molar-refractivity contribution in [2.75, 3.05) is 5.32 Å². The van der Waals surface area contributed by atoms with Crippen LogP contribution in [0.4, 0.5) is 14.5 Å². The van der Waals surface area contributed by atoms with Gasteiger partial charge in [-0.2, -0.15) is 0 Å². The van der Waals surface area contributed by atoms with Crippen molar-refractivity contribution < 1.29 is 13.6 Å². The van der Waals surface area contributed by atoms with Crippen LogP contribution in [-0.4, -0.2) is 15.5 Å². The number of aromatic nitrogens is 2. The van der Waals surface area contributed by atoms with Crippen molar-refractivity contribution in [2.45, 2.75) is 38.7 Å². The summed E-state index contributed by atoms with van der Waals surface area (Å²) in [7, 11) is 0. The molecule has 0 aliphatic carbocycles. The molecule has 0 atom stereocenters. The maximum Gasteiger partial charge on any atom is 0.275 e. The van der Waals surface area contributed by atoms with Gasteiger partial charge >= 0.3 is 0 Å². The van der Waals surface area contributed by atoms with Gasteiger partial charge in [0.1, 0.15) is 11.5 Å². The molecule has 0 saturated heterocycles. The molecule has 0 bridgehead atoms. The van der Waals surface area contributed by atoms with Crippen LogP contribution in [0.25, 0.3) is 0 Å². The SMILES string of the molecule is CCC(F)(F)c1ccccc1NC(=O)c1cn2c(n1)CCC2. The first-order valence-corrected chi connectivity index (χ1v) is 7.36. The molecule has 2 heterocycles. The van der Waals surface area contributed by atoms with E-state index in [1.54, 1.807) is 18.3 Å². The van der Waals surface area contributed by atoms with E-state index in [9.17, 15) is 13.6 Å². The maximum absolute atomic E-state index is 14.0. The van der Waals surface area contributed by atoms with Gasteiger partial charge < -0.3 is 9.88 Å². The lowest BCUT2D eigenvalue weighted by Gasteiger charge is -2.18. The van der Waals surface area contributed by atoms with Crippen LogP contribution in [0.5, 0.6) is 0 Å². The number of benzene rings is 1. The Hall–Kier alpha value is -2.24. The molecule has 1 N–H and O–H groups in total. The van der Waals surface area contributed by atoms with Crippen molar-refractivity contribution in [3.8, 4) is 0 Å². The van der Waals surface area contributed by atoms with Crippen LogP contribution in [0, 0.1) is 0 Å². The minimum atomic E-state index is -2.97. The van der Waals surface area contributed by atoms with Gasteiger partial charge in [-0.25, -0.2) is 13.8 Å². The van der Waals surface area contributed by atoms with Crippen LogP contribution in [0.3, 0.4) is 0 Å². The number of anilines is 1. The van der Waals surface area contributed by atoms with Gasteiger partial charge in [-0.1, -0.05) is 25.1 Å². The van der Waals surface area contributed by atoms with Gasteiger partial charge in [-0.05, 0) is 12.5 Å². The first-order chi connectivity index (χ1) is 10.5. The third-order valence-corrected chi connectivity index (χ3v) is 3.90. The van der Waals surface area contributed by atoms with Gasteiger partial charge in [0.25, 0.3) is 11.8 Å². The van der Waals surface area contributed by atoms with E-state index in [0.717, 1.165) is 25.2 Å². The molecule has 0 saturated carbocycles. The Kier molecular flexibility index (Phi) is 3.68. The van der Waals surface area contributed by atoms with E-state index in [-0.39, 0.29) is 23.4 Å². The number of hydrogen-bond acceptors (Lipinski definition) is 2. The van der Waals surface area contributed by atoms with E-state index < -0.39 is 11.8 Å². The second-order valence-corrected chi connectivity index (χ2v) is 5.40. The highest BCUT2D eigenvalue weighted by Crippen LogP contribution is 2.36. The second kappa shape index (κ2) is 5.51. The average molecular weight is 305 g/mol. The smallest absolute Gasteiger partial charge is 0.275 e. The number of aryl methyl sites for hydroxylation is 2. The molecule has 1 aromatic heterocycles. The summed E-state index contributed by atoms with van der Waals surface area (Å²) in [5.74, 6) is -2.56. The summed E-state index contributed by atoms with van der Waals surface area (Å²) in [5, 5.41) is 2.56. The summed E-state index contributed by atoms with van der Waals surface area (Å²) in [4.78, 5) is 16.5. The third kappa shape index (κ3) is 2.61. The Morgan fingerprint density at radius 1 is 1.41 bits per heavy atom. The summed E-state index contributed by atoms with van der Waals surface area (Å²) in [5.41, 5.74) is 0.231. The molecule has 0 fully saturated rings. The average Bonchev–Trinajstić information content (AvgIpc) is 3.09. The van der Waals surface area contributed by atoms with Gasteiger partial charge in [-0.3, -0.25) is 4.79 Å². The van der Waals surface area contributed by atoms with Gasteiger partial charge in [0.2, 0.25) is 0 Å². The number of nitrogens with one attached hydrogen (secondary N) is 1. The Balaban J connectivity index is 1.85. The number of alkyl halides is 2. The Labute approximate surface area is 127 Å². The van der Waals surface area contributed by atoms with Gasteiger partial charge in [-0.15, -0.1) is 0 Å². The molecule has 2 aromatic rings. The van der Waals surface area contributed by atoms with Gasteiger partial charge in [0.15, 0.2) is 0 Å². The number of para-hydroxylation sites is 1. The summed E-state index contributed by atoms with van der Waals surface area (Å²) in [6, 6.07) is 5.99. The predicted octanol–water partition coefficient (Wildman–Crippen LogP) is 3.58. The van der Waals surface area contributed by atoms with Crippen molar-refractivity contribution in [2.24, 2.45) is 0 Å². The molecular formula is C16H17F2N3O. The zero-order chi connectivity index (χ0) is 15.7. The zero-order valence-corrected chi connectivity index (χ0v) is 12.3. The highest BCUT2D eigenvalue weighted by atomic mass is 19.3. The molecular weight excluding hydrogens is 288 g/mol. The molecule has 1 aliphatic heterocycles. The number of rotatable bonds is 4. The van der Waals surface area contributed by atoms with Crippen LogP contribution in [0.2, 0.25) is 0 Å². The number of nitrogens with zero attached hydrogens (tertiary/aromatic N) is 2. The van der Waals surface area contributed by atoms with Crippen LogP contribution in [0.1, 0.15) is 41.6 Å². The molecule has 4 nitrogen and oxygen atoms in total. The normalized spacial score (nSPS) is 14.0. The monoisotopic (exact) mass is 305 g/mol. The fourth-order valence-corrected chi connectivity index (χ4v) is 2.65. The predicted molar refractivity (Wildman–Crippen MR) is 79.1 cm³/mol. The lowest BCUT2D eigenvalue weighted by molar-refractivity contribution is -0.00752. The first-order valence-electron chi connectivity index (χ1n) is 7.36. The lowest BCUT2D eigenvalue weighted by Crippen LogP contribution is -2.19. The van der Waals surface area contributed by atoms with E-state index in [0.29, 0.717) is 0 Å². The fourth-order valence-electron chi connectivity index (χ4n) is 2.65. The zero-order valence-electron chi connectivity index (χ0n) is 12.3. The fraction of sp³-hybridized carbons (Fsp3) is 0.375. The quantitative estimate of drug-likeness (QED) is 0.938. The number of carbonyl (C=O) groups excluding carboxylic acids is 1. The van der Waals surface area contributed by atoms with E-state index in [1.165, 1.54) is 19.1 Å². The highest BCUT2D eigenvalue weighted by molar-refractivity contribution is 6.03. The van der Waals surface area contributed by atoms with Crippen LogP contribution < -0.4 is 5.32 Å². The largest absolute Gasteiger partial charge is 0.334 e. The molecule has 0 radical (unpaired) electrons. The summed E-state index contributed by atoms with van der Waals surface area (Å²) in [6.07, 6.45) is 3.23. The number of amides is 1.